The molecule has 4 nitrogen and oxygen atoms in total. The topological polar surface area (TPSA) is 53.6 Å². The predicted octanol–water partition coefficient (Wildman–Crippen LogP) is 2.98. The first-order valence-corrected chi connectivity index (χ1v) is 8.87. The van der Waals surface area contributed by atoms with Crippen LogP contribution >= 0.6 is 0 Å². The van der Waals surface area contributed by atoms with Gasteiger partial charge in [0.2, 0.25) is 0 Å². The Morgan fingerprint density at radius 1 is 1.30 bits per heavy atom. The number of hydrogen-bond donors (Lipinski definition) is 2. The van der Waals surface area contributed by atoms with Crippen LogP contribution in [0.5, 0.6) is 0 Å². The Labute approximate surface area is 141 Å². The molecule has 0 aromatic heterocycles. The fourth-order valence-electron chi connectivity index (χ4n) is 2.98. The summed E-state index contributed by atoms with van der Waals surface area (Å²) >= 11 is 0. The van der Waals surface area contributed by atoms with E-state index in [2.05, 4.69) is 60.2 Å². The van der Waals surface area contributed by atoms with Crippen molar-refractivity contribution >= 4 is 5.96 Å². The fraction of sp³-hybridized carbons (Fsp3) is 0.632. The SMILES string of the molecule is CC(C)CNC(N)=NCc1ccc(CN2CCCC(C)C2)cc1. The largest absolute Gasteiger partial charge is 0.370 e. The van der Waals surface area contributed by atoms with Gasteiger partial charge in [-0.25, -0.2) is 4.99 Å². The first kappa shape index (κ1) is 17.8. The highest BCUT2D eigenvalue weighted by Gasteiger charge is 2.15. The highest BCUT2D eigenvalue weighted by molar-refractivity contribution is 5.77. The van der Waals surface area contributed by atoms with Gasteiger partial charge in [-0.1, -0.05) is 45.0 Å². The number of likely N-dealkylation sites (tertiary alicyclic amines) is 1. The summed E-state index contributed by atoms with van der Waals surface area (Å²) in [5.74, 6) is 1.93. The molecule has 0 amide bonds. The maximum absolute atomic E-state index is 5.87. The van der Waals surface area contributed by atoms with Gasteiger partial charge in [0, 0.05) is 19.6 Å². The lowest BCUT2D eigenvalue weighted by atomic mass is 9.99. The molecule has 23 heavy (non-hydrogen) atoms. The average molecular weight is 316 g/mol. The molecule has 0 spiro atoms. The zero-order valence-corrected chi connectivity index (χ0v) is 14.9. The lowest BCUT2D eigenvalue weighted by Crippen LogP contribution is -2.34. The second-order valence-corrected chi connectivity index (χ2v) is 7.28. The Kier molecular flexibility index (Phi) is 6.90. The van der Waals surface area contributed by atoms with Crippen molar-refractivity contribution in [1.29, 1.82) is 0 Å². The van der Waals surface area contributed by atoms with Crippen molar-refractivity contribution in [3.8, 4) is 0 Å². The quantitative estimate of drug-likeness (QED) is 0.626. The van der Waals surface area contributed by atoms with Crippen LogP contribution in [0.3, 0.4) is 0 Å². The Balaban J connectivity index is 1.81. The van der Waals surface area contributed by atoms with Crippen LogP contribution in [0.4, 0.5) is 0 Å². The molecule has 1 fully saturated rings. The van der Waals surface area contributed by atoms with Crippen LogP contribution in [0, 0.1) is 11.8 Å². The summed E-state index contributed by atoms with van der Waals surface area (Å²) in [6, 6.07) is 8.79. The number of rotatable bonds is 6. The van der Waals surface area contributed by atoms with E-state index < -0.39 is 0 Å². The molecule has 1 aliphatic rings. The molecule has 2 rings (SSSR count). The third kappa shape index (κ3) is 6.61. The molecule has 4 heteroatoms. The number of piperidine rings is 1. The van der Waals surface area contributed by atoms with Gasteiger partial charge in [-0.3, -0.25) is 4.90 Å². The normalized spacial score (nSPS) is 20.0. The summed E-state index contributed by atoms with van der Waals surface area (Å²) in [5, 5.41) is 3.14. The summed E-state index contributed by atoms with van der Waals surface area (Å²) < 4.78 is 0. The smallest absolute Gasteiger partial charge is 0.188 e. The van der Waals surface area contributed by atoms with E-state index in [1.165, 1.54) is 37.1 Å². The summed E-state index contributed by atoms with van der Waals surface area (Å²) in [5.41, 5.74) is 8.46. The predicted molar refractivity (Wildman–Crippen MR) is 98.3 cm³/mol. The van der Waals surface area contributed by atoms with E-state index >= 15 is 0 Å². The van der Waals surface area contributed by atoms with E-state index in [0.717, 1.165) is 19.0 Å². The minimum Gasteiger partial charge on any atom is -0.370 e. The first-order valence-electron chi connectivity index (χ1n) is 8.87. The van der Waals surface area contributed by atoms with Crippen LogP contribution < -0.4 is 11.1 Å². The van der Waals surface area contributed by atoms with Crippen molar-refractivity contribution < 1.29 is 0 Å². The van der Waals surface area contributed by atoms with Gasteiger partial charge in [0.25, 0.3) is 0 Å². The molecule has 1 aromatic carbocycles. The number of nitrogens with zero attached hydrogens (tertiary/aromatic N) is 2. The van der Waals surface area contributed by atoms with E-state index in [9.17, 15) is 0 Å². The first-order chi connectivity index (χ1) is 11.0. The molecule has 0 radical (unpaired) electrons. The maximum Gasteiger partial charge on any atom is 0.188 e. The average Bonchev–Trinajstić information content (AvgIpc) is 2.52. The summed E-state index contributed by atoms with van der Waals surface area (Å²) in [7, 11) is 0. The van der Waals surface area contributed by atoms with E-state index in [1.807, 2.05) is 0 Å². The monoisotopic (exact) mass is 316 g/mol. The van der Waals surface area contributed by atoms with Crippen molar-refractivity contribution in [2.75, 3.05) is 19.6 Å². The number of aliphatic imine (C=N–C) groups is 1. The highest BCUT2D eigenvalue weighted by atomic mass is 15.1. The van der Waals surface area contributed by atoms with Crippen molar-refractivity contribution in [2.45, 2.75) is 46.7 Å². The van der Waals surface area contributed by atoms with Crippen molar-refractivity contribution in [2.24, 2.45) is 22.6 Å². The molecule has 0 bridgehead atoms. The number of benzene rings is 1. The molecule has 1 atom stereocenters. The zero-order valence-electron chi connectivity index (χ0n) is 14.9. The second-order valence-electron chi connectivity index (χ2n) is 7.28. The van der Waals surface area contributed by atoms with Crippen LogP contribution in [0.1, 0.15) is 44.7 Å². The third-order valence-corrected chi connectivity index (χ3v) is 4.29. The van der Waals surface area contributed by atoms with Gasteiger partial charge < -0.3 is 11.1 Å². The molecule has 1 saturated heterocycles. The molecule has 0 saturated carbocycles. The van der Waals surface area contributed by atoms with E-state index in [0.29, 0.717) is 18.4 Å². The van der Waals surface area contributed by atoms with E-state index in [1.54, 1.807) is 0 Å². The molecule has 1 unspecified atom stereocenters. The van der Waals surface area contributed by atoms with Crippen molar-refractivity contribution in [3.63, 3.8) is 0 Å². The minimum absolute atomic E-state index is 0.532. The Bertz CT molecular complexity index is 493. The summed E-state index contributed by atoms with van der Waals surface area (Å²) in [6.07, 6.45) is 2.70. The van der Waals surface area contributed by atoms with Gasteiger partial charge in [-0.2, -0.15) is 0 Å². The van der Waals surface area contributed by atoms with Gasteiger partial charge in [0.05, 0.1) is 6.54 Å². The number of guanidine groups is 1. The minimum atomic E-state index is 0.532. The van der Waals surface area contributed by atoms with Gasteiger partial charge >= 0.3 is 0 Å². The number of hydrogen-bond acceptors (Lipinski definition) is 2. The van der Waals surface area contributed by atoms with Crippen LogP contribution in [-0.4, -0.2) is 30.5 Å². The maximum atomic E-state index is 5.87. The van der Waals surface area contributed by atoms with Crippen LogP contribution in [0.2, 0.25) is 0 Å². The van der Waals surface area contributed by atoms with Crippen LogP contribution in [-0.2, 0) is 13.1 Å². The highest BCUT2D eigenvalue weighted by Crippen LogP contribution is 2.18. The lowest BCUT2D eigenvalue weighted by Gasteiger charge is -2.30. The van der Waals surface area contributed by atoms with Gasteiger partial charge in [-0.15, -0.1) is 0 Å². The molecule has 128 valence electrons. The van der Waals surface area contributed by atoms with Crippen molar-refractivity contribution in [3.05, 3.63) is 35.4 Å². The van der Waals surface area contributed by atoms with Crippen LogP contribution in [0.15, 0.2) is 29.3 Å². The van der Waals surface area contributed by atoms with Gasteiger partial charge in [-0.05, 0) is 42.3 Å². The van der Waals surface area contributed by atoms with Gasteiger partial charge in [0.1, 0.15) is 0 Å². The molecule has 1 aromatic rings. The molecule has 0 aliphatic carbocycles. The van der Waals surface area contributed by atoms with Crippen molar-refractivity contribution in [1.82, 2.24) is 10.2 Å². The second kappa shape index (κ2) is 8.92. The Morgan fingerprint density at radius 2 is 2.00 bits per heavy atom. The summed E-state index contributed by atoms with van der Waals surface area (Å²) in [4.78, 5) is 6.96. The Morgan fingerprint density at radius 3 is 2.65 bits per heavy atom. The standard InChI is InChI=1S/C19H32N4/c1-15(2)11-21-19(20)22-12-17-6-8-18(9-7-17)14-23-10-4-5-16(3)13-23/h6-9,15-16H,4-5,10-14H2,1-3H3,(H3,20,21,22). The number of nitrogens with two attached hydrogens (primary N) is 1. The molecule has 1 aliphatic heterocycles. The van der Waals surface area contributed by atoms with Gasteiger partial charge in [0.15, 0.2) is 5.96 Å². The molecular weight excluding hydrogens is 284 g/mol. The molecule has 3 N–H and O–H groups in total. The molecule has 1 heterocycles. The fourth-order valence-corrected chi connectivity index (χ4v) is 2.98. The third-order valence-electron chi connectivity index (χ3n) is 4.29. The zero-order chi connectivity index (χ0) is 16.7. The lowest BCUT2D eigenvalue weighted by molar-refractivity contribution is 0.176. The Hall–Kier alpha value is -1.55. The van der Waals surface area contributed by atoms with E-state index in [4.69, 9.17) is 5.73 Å². The summed E-state index contributed by atoms with van der Waals surface area (Å²) in [6.45, 7) is 11.7. The number of nitrogens with one attached hydrogen (secondary N) is 1. The van der Waals surface area contributed by atoms with Crippen LogP contribution in [0.25, 0.3) is 0 Å². The molecular formula is C19H32N4. The van der Waals surface area contributed by atoms with E-state index in [-0.39, 0.29) is 0 Å².